The van der Waals surface area contributed by atoms with Crippen LogP contribution in [0.4, 0.5) is 0 Å². The van der Waals surface area contributed by atoms with E-state index in [4.69, 9.17) is 16.3 Å². The van der Waals surface area contributed by atoms with E-state index in [-0.39, 0.29) is 17.6 Å². The van der Waals surface area contributed by atoms with Crippen LogP contribution >= 0.6 is 11.6 Å². The van der Waals surface area contributed by atoms with Crippen LogP contribution in [0.5, 0.6) is 5.75 Å². The molecule has 0 aliphatic carbocycles. The Labute approximate surface area is 146 Å². The fourth-order valence-electron chi connectivity index (χ4n) is 3.34. The van der Waals surface area contributed by atoms with Crippen molar-refractivity contribution in [3.05, 3.63) is 35.0 Å². The maximum Gasteiger partial charge on any atom is 0.309 e. The second-order valence-electron chi connectivity index (χ2n) is 6.22. The number of likely N-dealkylation sites (tertiary alicyclic amines) is 1. The van der Waals surface area contributed by atoms with Crippen molar-refractivity contribution in [3.8, 4) is 5.75 Å². The van der Waals surface area contributed by atoms with E-state index < -0.39 is 0 Å². The highest BCUT2D eigenvalue weighted by Gasteiger charge is 2.29. The maximum atomic E-state index is 11.8. The zero-order chi connectivity index (χ0) is 17.1. The predicted octanol–water partition coefficient (Wildman–Crippen LogP) is 1.95. The van der Waals surface area contributed by atoms with Gasteiger partial charge in [0.25, 0.3) is 0 Å². The molecule has 0 saturated carbocycles. The van der Waals surface area contributed by atoms with Crippen LogP contribution < -0.4 is 4.90 Å². The molecule has 128 valence electrons. The first-order chi connectivity index (χ1) is 11.6. The molecule has 1 saturated heterocycles. The number of hydrogen-bond acceptors (Lipinski definition) is 4. The number of ether oxygens (including phenoxy) is 1. The molecule has 0 atom stereocenters. The van der Waals surface area contributed by atoms with Crippen molar-refractivity contribution in [1.29, 1.82) is 0 Å². The number of rotatable bonds is 4. The largest absolute Gasteiger partial charge is 0.505 e. The first-order valence-electron chi connectivity index (χ1n) is 8.35. The summed E-state index contributed by atoms with van der Waals surface area (Å²) in [6.45, 7) is 4.69. The Bertz CT molecular complexity index is 742. The van der Waals surface area contributed by atoms with Crippen LogP contribution in [0.1, 0.15) is 25.3 Å². The Morgan fingerprint density at radius 3 is 2.92 bits per heavy atom. The van der Waals surface area contributed by atoms with Crippen LogP contribution in [0.3, 0.4) is 0 Å². The molecule has 1 aliphatic rings. The van der Waals surface area contributed by atoms with E-state index in [2.05, 4.69) is 4.98 Å². The minimum atomic E-state index is -0.0858. The summed E-state index contributed by atoms with van der Waals surface area (Å²) in [6, 6.07) is 5.48. The molecule has 0 radical (unpaired) electrons. The Morgan fingerprint density at radius 2 is 2.21 bits per heavy atom. The third kappa shape index (κ3) is 3.47. The highest BCUT2D eigenvalue weighted by molar-refractivity contribution is 6.35. The quantitative estimate of drug-likeness (QED) is 0.828. The van der Waals surface area contributed by atoms with Crippen molar-refractivity contribution in [1.82, 2.24) is 4.98 Å². The van der Waals surface area contributed by atoms with E-state index >= 15 is 0 Å². The number of aromatic hydroxyl groups is 1. The Balaban J connectivity index is 1.70. The molecule has 1 aliphatic heterocycles. The number of carbonyl (C=O) groups excluding carboxylic acids is 1. The molecule has 2 aromatic rings. The Kier molecular flexibility index (Phi) is 5.21. The summed E-state index contributed by atoms with van der Waals surface area (Å²) in [5.74, 6) is 0.122. The van der Waals surface area contributed by atoms with E-state index in [0.717, 1.165) is 36.9 Å². The van der Waals surface area contributed by atoms with Gasteiger partial charge in [0, 0.05) is 24.4 Å². The molecule has 5 nitrogen and oxygen atoms in total. The van der Waals surface area contributed by atoms with Gasteiger partial charge in [-0.1, -0.05) is 11.6 Å². The van der Waals surface area contributed by atoms with Crippen LogP contribution in [0.15, 0.2) is 24.4 Å². The minimum Gasteiger partial charge on any atom is -0.505 e. The standard InChI is InChI=1S/C18H21ClN2O3/c1-2-24-18(23)12-5-8-21(9-6-12)11-13-10-15(19)14-4-3-7-20-16(14)17(13)22/h3-4,7,10,12,22H,2,5-6,8-9,11H2,1H3/p+1. The fourth-order valence-corrected chi connectivity index (χ4v) is 3.62. The lowest BCUT2D eigenvalue weighted by molar-refractivity contribution is -0.919. The molecule has 0 bridgehead atoms. The highest BCUT2D eigenvalue weighted by Crippen LogP contribution is 2.32. The number of nitrogens with one attached hydrogen (secondary N) is 1. The van der Waals surface area contributed by atoms with Gasteiger partial charge in [0.2, 0.25) is 0 Å². The second-order valence-corrected chi connectivity index (χ2v) is 6.63. The van der Waals surface area contributed by atoms with Crippen LogP contribution in [-0.2, 0) is 16.1 Å². The van der Waals surface area contributed by atoms with Crippen molar-refractivity contribution in [2.24, 2.45) is 5.92 Å². The first-order valence-corrected chi connectivity index (χ1v) is 8.73. The Hall–Kier alpha value is -1.85. The van der Waals surface area contributed by atoms with Crippen LogP contribution in [0, 0.1) is 5.92 Å². The third-order valence-electron chi connectivity index (χ3n) is 4.65. The van der Waals surface area contributed by atoms with Gasteiger partial charge in [0.1, 0.15) is 12.1 Å². The van der Waals surface area contributed by atoms with Gasteiger partial charge in [0.15, 0.2) is 5.75 Å². The lowest BCUT2D eigenvalue weighted by Gasteiger charge is -2.28. The molecule has 24 heavy (non-hydrogen) atoms. The molecule has 0 unspecified atom stereocenters. The first kappa shape index (κ1) is 17.0. The number of nitrogens with zero attached hydrogens (tertiary/aromatic N) is 1. The molecule has 1 fully saturated rings. The average molecular weight is 350 g/mol. The molecule has 6 heteroatoms. The summed E-state index contributed by atoms with van der Waals surface area (Å²) in [5.41, 5.74) is 1.34. The van der Waals surface area contributed by atoms with E-state index in [0.29, 0.717) is 23.7 Å². The summed E-state index contributed by atoms with van der Waals surface area (Å²) in [7, 11) is 0. The summed E-state index contributed by atoms with van der Waals surface area (Å²) >= 11 is 6.33. The number of benzene rings is 1. The van der Waals surface area contributed by atoms with Crippen molar-refractivity contribution in [3.63, 3.8) is 0 Å². The summed E-state index contributed by atoms with van der Waals surface area (Å²) in [4.78, 5) is 17.4. The zero-order valence-electron chi connectivity index (χ0n) is 13.7. The summed E-state index contributed by atoms with van der Waals surface area (Å²) < 4.78 is 5.10. The van der Waals surface area contributed by atoms with E-state index in [1.807, 2.05) is 19.1 Å². The molecule has 0 amide bonds. The monoisotopic (exact) mass is 349 g/mol. The number of phenols is 1. The van der Waals surface area contributed by atoms with Gasteiger partial charge in [-0.15, -0.1) is 0 Å². The molecule has 3 rings (SSSR count). The number of quaternary nitrogens is 1. The number of fused-ring (bicyclic) bond motifs is 1. The normalized spacial score (nSPS) is 20.9. The second kappa shape index (κ2) is 7.36. The summed E-state index contributed by atoms with van der Waals surface area (Å²) in [5, 5.41) is 11.9. The van der Waals surface area contributed by atoms with Crippen LogP contribution in [0.25, 0.3) is 10.9 Å². The zero-order valence-corrected chi connectivity index (χ0v) is 14.5. The number of esters is 1. The summed E-state index contributed by atoms with van der Waals surface area (Å²) in [6.07, 6.45) is 3.28. The number of phenolic OH excluding ortho intramolecular Hbond substituents is 1. The average Bonchev–Trinajstić information content (AvgIpc) is 2.60. The van der Waals surface area contributed by atoms with Gasteiger partial charge in [0.05, 0.1) is 36.2 Å². The number of hydrogen-bond donors (Lipinski definition) is 2. The molecule has 1 aromatic heterocycles. The minimum absolute atomic E-state index is 0.00385. The van der Waals surface area contributed by atoms with Gasteiger partial charge >= 0.3 is 5.97 Å². The van der Waals surface area contributed by atoms with Gasteiger partial charge in [-0.05, 0) is 25.1 Å². The van der Waals surface area contributed by atoms with Crippen molar-refractivity contribution >= 4 is 28.5 Å². The maximum absolute atomic E-state index is 11.8. The number of halogens is 1. The number of carbonyl (C=O) groups is 1. The van der Waals surface area contributed by atoms with E-state index in [1.54, 1.807) is 12.3 Å². The molecular formula is C18H22ClN2O3+. The van der Waals surface area contributed by atoms with E-state index in [9.17, 15) is 9.90 Å². The van der Waals surface area contributed by atoms with E-state index in [1.165, 1.54) is 4.90 Å². The molecule has 2 N–H and O–H groups in total. The molecule has 1 aromatic carbocycles. The van der Waals surface area contributed by atoms with Crippen LogP contribution in [0.2, 0.25) is 5.02 Å². The molecule has 0 spiro atoms. The van der Waals surface area contributed by atoms with Crippen molar-refractivity contribution < 1.29 is 19.5 Å². The third-order valence-corrected chi connectivity index (χ3v) is 4.96. The fraction of sp³-hybridized carbons (Fsp3) is 0.444. The van der Waals surface area contributed by atoms with Gasteiger partial charge < -0.3 is 14.7 Å². The van der Waals surface area contributed by atoms with Gasteiger partial charge in [-0.25, -0.2) is 0 Å². The Morgan fingerprint density at radius 1 is 1.46 bits per heavy atom. The molecule has 2 heterocycles. The van der Waals surface area contributed by atoms with Crippen molar-refractivity contribution in [2.45, 2.75) is 26.3 Å². The SMILES string of the molecule is CCOC(=O)C1CC[NH+](Cc2cc(Cl)c3cccnc3c2O)CC1. The lowest BCUT2D eigenvalue weighted by Crippen LogP contribution is -3.11. The number of piperidine rings is 1. The van der Waals surface area contributed by atoms with Gasteiger partial charge in [-0.3, -0.25) is 9.78 Å². The molecular weight excluding hydrogens is 328 g/mol. The number of aromatic nitrogens is 1. The highest BCUT2D eigenvalue weighted by atomic mass is 35.5. The smallest absolute Gasteiger partial charge is 0.309 e. The number of pyridine rings is 1. The lowest BCUT2D eigenvalue weighted by atomic mass is 9.96. The predicted molar refractivity (Wildman–Crippen MR) is 92.2 cm³/mol. The van der Waals surface area contributed by atoms with Gasteiger partial charge in [-0.2, -0.15) is 0 Å². The topological polar surface area (TPSA) is 63.9 Å². The van der Waals surface area contributed by atoms with Crippen LogP contribution in [-0.4, -0.2) is 35.8 Å². The van der Waals surface area contributed by atoms with Crippen molar-refractivity contribution in [2.75, 3.05) is 19.7 Å².